The number of benzene rings is 3. The summed E-state index contributed by atoms with van der Waals surface area (Å²) in [7, 11) is 2.11. The van der Waals surface area contributed by atoms with E-state index in [1.807, 2.05) is 30.3 Å². The van der Waals surface area contributed by atoms with Gasteiger partial charge < -0.3 is 28.6 Å². The summed E-state index contributed by atoms with van der Waals surface area (Å²) in [6.07, 6.45) is 67.9. The lowest BCUT2D eigenvalue weighted by molar-refractivity contribution is 0.0579. The van der Waals surface area contributed by atoms with E-state index in [4.69, 9.17) is 23.7 Å². The predicted molar refractivity (Wildman–Crippen MR) is 373 cm³/mol. The van der Waals surface area contributed by atoms with Crippen LogP contribution in [0.1, 0.15) is 364 Å². The Labute approximate surface area is 535 Å². The molecule has 1 atom stereocenters. The van der Waals surface area contributed by atoms with Crippen LogP contribution >= 0.6 is 0 Å². The molecule has 1 spiro atoms. The van der Waals surface area contributed by atoms with Gasteiger partial charge in [0, 0.05) is 18.3 Å². The molecule has 87 heavy (non-hydrogen) atoms. The van der Waals surface area contributed by atoms with Gasteiger partial charge in [-0.2, -0.15) is 0 Å². The number of unbranched alkanes of at least 4 members (excludes halogenated alkanes) is 45. The van der Waals surface area contributed by atoms with Crippen LogP contribution in [0.25, 0.3) is 6.08 Å². The van der Waals surface area contributed by atoms with Crippen molar-refractivity contribution < 1.29 is 28.5 Å². The molecule has 0 saturated carbocycles. The maximum absolute atomic E-state index is 14.4. The van der Waals surface area contributed by atoms with Gasteiger partial charge in [-0.1, -0.05) is 328 Å². The van der Waals surface area contributed by atoms with Gasteiger partial charge in [-0.25, -0.2) is 4.79 Å². The monoisotopic (exact) mass is 1200 g/mol. The molecule has 0 amide bonds. The van der Waals surface area contributed by atoms with E-state index in [0.29, 0.717) is 48.4 Å². The van der Waals surface area contributed by atoms with Crippen LogP contribution in [0, 0.1) is 0 Å². The van der Waals surface area contributed by atoms with Crippen molar-refractivity contribution in [2.24, 2.45) is 0 Å². The predicted octanol–water partition coefficient (Wildman–Crippen LogP) is 25.4. The third kappa shape index (κ3) is 27.9. The fourth-order valence-electron chi connectivity index (χ4n) is 13.5. The van der Waals surface area contributed by atoms with E-state index in [1.54, 1.807) is 0 Å². The number of carbonyl (C=O) groups is 1. The van der Waals surface area contributed by atoms with Gasteiger partial charge >= 0.3 is 5.97 Å². The summed E-state index contributed by atoms with van der Waals surface area (Å²) in [4.78, 5) is 16.7. The van der Waals surface area contributed by atoms with Crippen molar-refractivity contribution in [1.82, 2.24) is 0 Å². The molecule has 1 unspecified atom stereocenters. The second kappa shape index (κ2) is 46.0. The highest BCUT2D eigenvalue weighted by molar-refractivity contribution is 5.93. The molecule has 5 rings (SSSR count). The third-order valence-electron chi connectivity index (χ3n) is 19.3. The Morgan fingerprint density at radius 3 is 1.14 bits per heavy atom. The van der Waals surface area contributed by atoms with Crippen molar-refractivity contribution in [2.45, 2.75) is 354 Å². The smallest absolute Gasteiger partial charge is 0.343 e. The Morgan fingerprint density at radius 2 is 0.770 bits per heavy atom. The highest BCUT2D eigenvalue weighted by Gasteiger charge is 2.57. The summed E-state index contributed by atoms with van der Waals surface area (Å²) in [5, 5.41) is 0. The molecule has 2 heterocycles. The zero-order valence-corrected chi connectivity index (χ0v) is 57.3. The van der Waals surface area contributed by atoms with Crippen molar-refractivity contribution in [1.29, 1.82) is 0 Å². The molecule has 3 aromatic carbocycles. The molecule has 0 N–H and O–H groups in total. The fraction of sp³-hybridized carbons (Fsp3) is 0.738. The Morgan fingerprint density at radius 1 is 0.425 bits per heavy atom. The average molecular weight is 1200 g/mol. The van der Waals surface area contributed by atoms with Crippen LogP contribution in [0.15, 0.2) is 60.7 Å². The molecule has 2 aliphatic heterocycles. The van der Waals surface area contributed by atoms with Crippen molar-refractivity contribution >= 4 is 17.7 Å². The summed E-state index contributed by atoms with van der Waals surface area (Å²) in [6, 6.07) is 17.9. The standard InChI is InChI=1S/C80H131NO6/c1-7-10-13-16-19-22-25-28-31-34-37-40-43-46-49-54-63-83-75-67-70(78(82)86-71-59-60-74-69(66-71)61-62-80(87-74)79(4,5)72-57-52-53-58-73(72)81(80)6)68-76(84-64-55-50-47-44-41-38-35-32-29-26-23-20-17-14-11-8-2)77(75)85-65-56-51-48-45-42-39-36-33-30-27-24-21-18-15-12-9-3/h52-53,57-62,66-68H,7-51,54-56,63-65H2,1-6H3. The number of anilines is 1. The van der Waals surface area contributed by atoms with Crippen LogP contribution in [-0.4, -0.2) is 38.6 Å². The van der Waals surface area contributed by atoms with Gasteiger partial charge in [0.15, 0.2) is 11.5 Å². The van der Waals surface area contributed by atoms with Gasteiger partial charge in [0.1, 0.15) is 11.5 Å². The van der Waals surface area contributed by atoms with Crippen LogP contribution in [-0.2, 0) is 5.41 Å². The number of hydrogen-bond acceptors (Lipinski definition) is 7. The molecule has 2 aliphatic rings. The minimum absolute atomic E-state index is 0.309. The largest absolute Gasteiger partial charge is 0.490 e. The topological polar surface area (TPSA) is 66.5 Å². The zero-order chi connectivity index (χ0) is 61.7. The van der Waals surface area contributed by atoms with E-state index in [1.165, 1.54) is 281 Å². The maximum atomic E-state index is 14.4. The maximum Gasteiger partial charge on any atom is 0.343 e. The number of nitrogens with zero attached hydrogens (tertiary/aromatic N) is 1. The Balaban J connectivity index is 1.17. The van der Waals surface area contributed by atoms with E-state index in [2.05, 4.69) is 83.0 Å². The molecule has 7 heteroatoms. The average Bonchev–Trinajstić information content (AvgIpc) is 1.62. The zero-order valence-electron chi connectivity index (χ0n) is 57.3. The number of esters is 1. The number of rotatable bonds is 56. The minimum atomic E-state index is -0.692. The molecule has 0 bridgehead atoms. The highest BCUT2D eigenvalue weighted by Crippen LogP contribution is 2.54. The first kappa shape index (κ1) is 73.6. The summed E-state index contributed by atoms with van der Waals surface area (Å²) in [6.45, 7) is 13.1. The molecule has 0 aliphatic carbocycles. The number of para-hydroxylation sites is 1. The van der Waals surface area contributed by atoms with Crippen LogP contribution in [0.4, 0.5) is 5.69 Å². The summed E-state index contributed by atoms with van der Waals surface area (Å²) in [5.74, 6) is 2.52. The first-order valence-corrected chi connectivity index (χ1v) is 37.4. The van der Waals surface area contributed by atoms with Crippen LogP contribution < -0.4 is 28.6 Å². The summed E-state index contributed by atoms with van der Waals surface area (Å²) in [5.41, 5.74) is 2.68. The van der Waals surface area contributed by atoms with Crippen molar-refractivity contribution in [2.75, 3.05) is 31.8 Å². The second-order valence-electron chi connectivity index (χ2n) is 27.2. The normalized spacial score (nSPS) is 14.8. The van der Waals surface area contributed by atoms with Crippen molar-refractivity contribution in [3.8, 4) is 28.7 Å². The van der Waals surface area contributed by atoms with Crippen molar-refractivity contribution in [3.05, 3.63) is 77.4 Å². The number of fused-ring (bicyclic) bond motifs is 2. The molecule has 3 aromatic rings. The highest BCUT2D eigenvalue weighted by atomic mass is 16.5. The number of ether oxygens (including phenoxy) is 5. The van der Waals surface area contributed by atoms with Gasteiger partial charge in [0.05, 0.1) is 30.8 Å². The summed E-state index contributed by atoms with van der Waals surface area (Å²) >= 11 is 0. The number of carbonyl (C=O) groups excluding carboxylic acids is 1. The van der Waals surface area contributed by atoms with Gasteiger partial charge in [-0.05, 0) is 87.2 Å². The third-order valence-corrected chi connectivity index (χ3v) is 19.3. The van der Waals surface area contributed by atoms with E-state index in [0.717, 1.165) is 49.8 Å². The van der Waals surface area contributed by atoms with Crippen molar-refractivity contribution in [3.63, 3.8) is 0 Å². The van der Waals surface area contributed by atoms with Gasteiger partial charge in [-0.3, -0.25) is 0 Å². The lowest BCUT2D eigenvalue weighted by Gasteiger charge is -2.45. The van der Waals surface area contributed by atoms with Gasteiger partial charge in [-0.15, -0.1) is 0 Å². The Hall–Kier alpha value is -4.13. The number of likely N-dealkylation sites (N-methyl/N-ethyl adjacent to an activating group) is 1. The molecule has 0 fully saturated rings. The van der Waals surface area contributed by atoms with E-state index in [9.17, 15) is 4.79 Å². The molecule has 0 radical (unpaired) electrons. The minimum Gasteiger partial charge on any atom is -0.490 e. The molecule has 0 saturated heterocycles. The Kier molecular flexibility index (Phi) is 38.9. The fourth-order valence-corrected chi connectivity index (χ4v) is 13.5. The van der Waals surface area contributed by atoms with E-state index < -0.39 is 11.7 Å². The first-order chi connectivity index (χ1) is 42.8. The Bertz CT molecular complexity index is 2190. The van der Waals surface area contributed by atoms with Gasteiger partial charge in [0.25, 0.3) is 0 Å². The van der Waals surface area contributed by atoms with Crippen LogP contribution in [0.5, 0.6) is 28.7 Å². The van der Waals surface area contributed by atoms with Crippen LogP contribution in [0.2, 0.25) is 0 Å². The van der Waals surface area contributed by atoms with Gasteiger partial charge in [0.2, 0.25) is 11.5 Å². The molecule has 0 aromatic heterocycles. The quantitative estimate of drug-likeness (QED) is 0.0317. The first-order valence-electron chi connectivity index (χ1n) is 37.4. The summed E-state index contributed by atoms with van der Waals surface area (Å²) < 4.78 is 33.3. The molecular weight excluding hydrogens is 1070 g/mol. The van der Waals surface area contributed by atoms with E-state index >= 15 is 0 Å². The molecule has 7 nitrogen and oxygen atoms in total. The van der Waals surface area contributed by atoms with Crippen LogP contribution in [0.3, 0.4) is 0 Å². The lowest BCUT2D eigenvalue weighted by Crippen LogP contribution is -2.58. The lowest BCUT2D eigenvalue weighted by atomic mass is 9.76. The second-order valence-corrected chi connectivity index (χ2v) is 27.2. The molecule has 492 valence electrons. The number of hydrogen-bond donors (Lipinski definition) is 0. The molecular formula is C80H131NO6. The van der Waals surface area contributed by atoms with E-state index in [-0.39, 0.29) is 5.41 Å². The SMILES string of the molecule is CCCCCCCCCCCCCCCCCCOc1cc(C(=O)Oc2ccc3c(c2)C=CC2(O3)N(C)c3ccccc3C2(C)C)cc(OCCCCCCCCCCCCCCCCCC)c1OCCCCCCCCCCCCCCCCCC.